The number of halogens is 6. The molecule has 0 atom stereocenters. The summed E-state index contributed by atoms with van der Waals surface area (Å²) in [6, 6.07) is 4.14. The lowest BCUT2D eigenvalue weighted by Gasteiger charge is -2.14. The monoisotopic (exact) mass is 390 g/mol. The summed E-state index contributed by atoms with van der Waals surface area (Å²) < 4.78 is 57.8. The van der Waals surface area contributed by atoms with Gasteiger partial charge in [0.1, 0.15) is 5.75 Å². The SMILES string of the molecule is O=C(CCCC(=O)Oc1cc(Cl)cc(Cl)c1)OCC(F)(F)C(F)F. The third-order valence-electron chi connectivity index (χ3n) is 2.57. The summed E-state index contributed by atoms with van der Waals surface area (Å²) in [5, 5.41) is 0.516. The lowest BCUT2D eigenvalue weighted by molar-refractivity contribution is -0.179. The lowest BCUT2D eigenvalue weighted by atomic mass is 10.2. The van der Waals surface area contributed by atoms with Crippen LogP contribution >= 0.6 is 23.2 Å². The maximum atomic E-state index is 12.5. The van der Waals surface area contributed by atoms with Gasteiger partial charge in [-0.3, -0.25) is 9.59 Å². The second-order valence-electron chi connectivity index (χ2n) is 4.66. The van der Waals surface area contributed by atoms with Crippen molar-refractivity contribution >= 4 is 35.1 Å². The molecule has 0 saturated heterocycles. The zero-order valence-corrected chi connectivity index (χ0v) is 13.6. The fourth-order valence-electron chi connectivity index (χ4n) is 1.46. The molecule has 0 unspecified atom stereocenters. The minimum Gasteiger partial charge on any atom is -0.459 e. The molecule has 0 bridgehead atoms. The highest BCUT2D eigenvalue weighted by molar-refractivity contribution is 6.34. The minimum absolute atomic E-state index is 0.0633. The summed E-state index contributed by atoms with van der Waals surface area (Å²) >= 11 is 11.4. The van der Waals surface area contributed by atoms with E-state index in [4.69, 9.17) is 27.9 Å². The van der Waals surface area contributed by atoms with Gasteiger partial charge in [-0.1, -0.05) is 23.2 Å². The van der Waals surface area contributed by atoms with E-state index in [1.54, 1.807) is 0 Å². The van der Waals surface area contributed by atoms with Crippen LogP contribution in [0.4, 0.5) is 17.6 Å². The average Bonchev–Trinajstić information content (AvgIpc) is 2.43. The summed E-state index contributed by atoms with van der Waals surface area (Å²) in [5.74, 6) is -6.12. The standard InChI is InChI=1S/C14H12Cl2F4O4/c15-8-4-9(16)6-10(5-8)24-12(22)3-1-2-11(21)23-7-14(19,20)13(17)18/h4-6,13H,1-3,7H2. The zero-order valence-electron chi connectivity index (χ0n) is 12.0. The number of rotatable bonds is 8. The summed E-state index contributed by atoms with van der Waals surface area (Å²) in [5.41, 5.74) is 0. The quantitative estimate of drug-likeness (QED) is 0.372. The second kappa shape index (κ2) is 9.08. The molecule has 0 aromatic heterocycles. The molecule has 0 aliphatic heterocycles. The first-order chi connectivity index (χ1) is 11.1. The van der Waals surface area contributed by atoms with Crippen molar-refractivity contribution in [1.82, 2.24) is 0 Å². The molecule has 0 amide bonds. The maximum absolute atomic E-state index is 12.5. The number of ether oxygens (including phenoxy) is 2. The first kappa shape index (κ1) is 20.5. The van der Waals surface area contributed by atoms with Crippen LogP contribution in [0.1, 0.15) is 19.3 Å². The molecule has 0 fully saturated rings. The Morgan fingerprint density at radius 2 is 1.58 bits per heavy atom. The molecule has 24 heavy (non-hydrogen) atoms. The van der Waals surface area contributed by atoms with E-state index < -0.39 is 37.3 Å². The smallest absolute Gasteiger partial charge is 0.340 e. The maximum Gasteiger partial charge on any atom is 0.340 e. The number of carbonyl (C=O) groups is 2. The molecule has 134 valence electrons. The molecule has 0 radical (unpaired) electrons. The second-order valence-corrected chi connectivity index (χ2v) is 5.53. The zero-order chi connectivity index (χ0) is 18.3. The van der Waals surface area contributed by atoms with Crippen molar-refractivity contribution < 1.29 is 36.6 Å². The minimum atomic E-state index is -4.40. The Morgan fingerprint density at radius 3 is 2.12 bits per heavy atom. The normalized spacial score (nSPS) is 11.5. The largest absolute Gasteiger partial charge is 0.459 e. The van der Waals surface area contributed by atoms with Crippen molar-refractivity contribution in [1.29, 1.82) is 0 Å². The summed E-state index contributed by atoms with van der Waals surface area (Å²) in [6.07, 6.45) is -4.61. The third kappa shape index (κ3) is 7.35. The Kier molecular flexibility index (Phi) is 7.75. The fraction of sp³-hybridized carbons (Fsp3) is 0.429. The number of esters is 2. The van der Waals surface area contributed by atoms with Crippen molar-refractivity contribution in [3.8, 4) is 5.75 Å². The van der Waals surface area contributed by atoms with Crippen LogP contribution in [0, 0.1) is 0 Å². The van der Waals surface area contributed by atoms with Gasteiger partial charge in [0.2, 0.25) is 0 Å². The van der Waals surface area contributed by atoms with E-state index in [0.29, 0.717) is 0 Å². The van der Waals surface area contributed by atoms with Crippen LogP contribution in [0.5, 0.6) is 5.75 Å². The van der Waals surface area contributed by atoms with Gasteiger partial charge in [0.15, 0.2) is 6.61 Å². The van der Waals surface area contributed by atoms with Crippen LogP contribution in [0.15, 0.2) is 18.2 Å². The average molecular weight is 391 g/mol. The Labute approximate surface area is 144 Å². The summed E-state index contributed by atoms with van der Waals surface area (Å²) in [7, 11) is 0. The van der Waals surface area contributed by atoms with E-state index in [1.807, 2.05) is 0 Å². The van der Waals surface area contributed by atoms with Crippen molar-refractivity contribution in [3.63, 3.8) is 0 Å². The highest BCUT2D eigenvalue weighted by atomic mass is 35.5. The molecule has 1 aromatic carbocycles. The molecular weight excluding hydrogens is 379 g/mol. The highest BCUT2D eigenvalue weighted by Crippen LogP contribution is 2.25. The molecule has 4 nitrogen and oxygen atoms in total. The predicted molar refractivity (Wildman–Crippen MR) is 77.9 cm³/mol. The van der Waals surface area contributed by atoms with E-state index >= 15 is 0 Å². The molecule has 0 heterocycles. The van der Waals surface area contributed by atoms with Gasteiger partial charge in [0.05, 0.1) is 0 Å². The van der Waals surface area contributed by atoms with E-state index in [0.717, 1.165) is 0 Å². The topological polar surface area (TPSA) is 52.6 Å². The summed E-state index contributed by atoms with van der Waals surface area (Å²) in [6.45, 7) is -1.71. The van der Waals surface area contributed by atoms with Crippen molar-refractivity contribution in [2.24, 2.45) is 0 Å². The van der Waals surface area contributed by atoms with Gasteiger partial charge in [0, 0.05) is 22.9 Å². The first-order valence-corrected chi connectivity index (χ1v) is 7.34. The molecule has 0 aliphatic carbocycles. The van der Waals surface area contributed by atoms with Crippen LogP contribution in [0.2, 0.25) is 10.0 Å². The van der Waals surface area contributed by atoms with E-state index in [-0.39, 0.29) is 28.6 Å². The molecule has 1 aromatic rings. The van der Waals surface area contributed by atoms with Gasteiger partial charge in [0.25, 0.3) is 0 Å². The number of alkyl halides is 4. The molecular formula is C14H12Cl2F4O4. The van der Waals surface area contributed by atoms with Gasteiger partial charge in [-0.2, -0.15) is 8.78 Å². The first-order valence-electron chi connectivity index (χ1n) is 6.58. The van der Waals surface area contributed by atoms with Gasteiger partial charge in [-0.25, -0.2) is 8.78 Å². The van der Waals surface area contributed by atoms with E-state index in [9.17, 15) is 27.2 Å². The Balaban J connectivity index is 2.31. The lowest BCUT2D eigenvalue weighted by Crippen LogP contribution is -2.33. The van der Waals surface area contributed by atoms with E-state index in [2.05, 4.69) is 4.74 Å². The van der Waals surface area contributed by atoms with Gasteiger partial charge >= 0.3 is 24.3 Å². The molecule has 0 spiro atoms. The van der Waals surface area contributed by atoms with Crippen molar-refractivity contribution in [2.45, 2.75) is 31.6 Å². The third-order valence-corrected chi connectivity index (χ3v) is 3.01. The van der Waals surface area contributed by atoms with Crippen molar-refractivity contribution in [3.05, 3.63) is 28.2 Å². The molecule has 1 rings (SSSR count). The molecule has 0 saturated carbocycles. The fourth-order valence-corrected chi connectivity index (χ4v) is 1.96. The van der Waals surface area contributed by atoms with Crippen LogP contribution in [0.25, 0.3) is 0 Å². The van der Waals surface area contributed by atoms with Crippen LogP contribution in [0.3, 0.4) is 0 Å². The number of hydrogen-bond acceptors (Lipinski definition) is 4. The number of benzene rings is 1. The number of hydrogen-bond donors (Lipinski definition) is 0. The van der Waals surface area contributed by atoms with Gasteiger partial charge in [-0.05, 0) is 24.6 Å². The van der Waals surface area contributed by atoms with Crippen LogP contribution in [-0.4, -0.2) is 30.9 Å². The van der Waals surface area contributed by atoms with E-state index in [1.165, 1.54) is 18.2 Å². The predicted octanol–water partition coefficient (Wildman–Crippen LogP) is 4.51. The van der Waals surface area contributed by atoms with Crippen LogP contribution < -0.4 is 4.74 Å². The molecule has 10 heteroatoms. The van der Waals surface area contributed by atoms with Gasteiger partial charge in [-0.15, -0.1) is 0 Å². The Hall–Kier alpha value is -1.54. The van der Waals surface area contributed by atoms with Crippen LogP contribution in [-0.2, 0) is 14.3 Å². The van der Waals surface area contributed by atoms with Crippen molar-refractivity contribution in [2.75, 3.05) is 6.61 Å². The number of carbonyl (C=O) groups excluding carboxylic acids is 2. The highest BCUT2D eigenvalue weighted by Gasteiger charge is 2.42. The molecule has 0 N–H and O–H groups in total. The Morgan fingerprint density at radius 1 is 1.04 bits per heavy atom. The summed E-state index contributed by atoms with van der Waals surface area (Å²) in [4.78, 5) is 22.7. The Bertz CT molecular complexity index is 576. The van der Waals surface area contributed by atoms with Gasteiger partial charge < -0.3 is 9.47 Å². The molecule has 0 aliphatic rings.